The number of nitrogens with one attached hydrogen (secondary N) is 1. The Labute approximate surface area is 59.5 Å². The molecule has 0 saturated carbocycles. The van der Waals surface area contributed by atoms with Gasteiger partial charge in [-0.25, -0.2) is 0 Å². The minimum atomic E-state index is 0. The zero-order valence-electron chi connectivity index (χ0n) is 4.87. The molecule has 1 N–H and O–H groups in total. The largest absolute Gasteiger partial charge is 0.470 e. The van der Waals surface area contributed by atoms with Gasteiger partial charge in [0.15, 0.2) is 0 Å². The second-order valence-corrected chi connectivity index (χ2v) is 1.17. The first-order valence-electron chi connectivity index (χ1n) is 2.46. The van der Waals surface area contributed by atoms with Gasteiger partial charge in [0.05, 0.1) is 0 Å². The van der Waals surface area contributed by atoms with E-state index in [-0.39, 0.29) is 20.4 Å². The van der Waals surface area contributed by atoms with Gasteiger partial charge in [0.1, 0.15) is 0 Å². The normalized spacial score (nSPS) is 7.71. The Kier molecular flexibility index (Phi) is 14.8. The van der Waals surface area contributed by atoms with Crippen LogP contribution in [0.3, 0.4) is 0 Å². The zero-order chi connectivity index (χ0) is 4.83. The van der Waals surface area contributed by atoms with Crippen LogP contribution in [0.15, 0.2) is 0 Å². The van der Waals surface area contributed by atoms with Crippen molar-refractivity contribution in [1.82, 2.24) is 5.32 Å². The van der Waals surface area contributed by atoms with Crippen molar-refractivity contribution in [2.75, 3.05) is 6.54 Å². The molecule has 2 heteroatoms. The Balaban J connectivity index is 0. The second kappa shape index (κ2) is 9.80. The standard InChI is InChI=1S/C5H12N.Re/c1-3-5-6-4-2;/h5-6H,3-4H2,1-2H3;/q-1;. The number of hydrogen-bond donors (Lipinski definition) is 1. The van der Waals surface area contributed by atoms with Crippen molar-refractivity contribution >= 4 is 0 Å². The zero-order valence-corrected chi connectivity index (χ0v) is 7.59. The molecule has 0 aliphatic rings. The Morgan fingerprint density at radius 3 is 2.14 bits per heavy atom. The maximum Gasteiger partial charge on any atom is 0 e. The molecule has 0 aromatic carbocycles. The van der Waals surface area contributed by atoms with Crippen LogP contribution in [0.1, 0.15) is 20.3 Å². The molecule has 45 valence electrons. The third kappa shape index (κ3) is 10.8. The van der Waals surface area contributed by atoms with E-state index in [4.69, 9.17) is 0 Å². The number of hydrogen-bond acceptors (Lipinski definition) is 1. The average Bonchev–Trinajstić information content (AvgIpc) is 1.61. The van der Waals surface area contributed by atoms with E-state index in [1.807, 2.05) is 0 Å². The minimum Gasteiger partial charge on any atom is -0.470 e. The Bertz CT molecular complexity index is 20.0. The van der Waals surface area contributed by atoms with Crippen molar-refractivity contribution < 1.29 is 20.4 Å². The van der Waals surface area contributed by atoms with E-state index < -0.39 is 0 Å². The van der Waals surface area contributed by atoms with Gasteiger partial charge >= 0.3 is 0 Å². The van der Waals surface area contributed by atoms with Gasteiger partial charge in [-0.05, 0) is 6.54 Å². The van der Waals surface area contributed by atoms with Crippen molar-refractivity contribution in [2.24, 2.45) is 0 Å². The molecule has 1 nitrogen and oxygen atoms in total. The first-order chi connectivity index (χ1) is 2.91. The van der Waals surface area contributed by atoms with Crippen LogP contribution in [0.2, 0.25) is 0 Å². The van der Waals surface area contributed by atoms with Gasteiger partial charge in [-0.15, -0.1) is 0 Å². The van der Waals surface area contributed by atoms with Crippen LogP contribution in [0.5, 0.6) is 0 Å². The molecule has 0 bridgehead atoms. The molecule has 7 heavy (non-hydrogen) atoms. The number of rotatable bonds is 3. The first-order valence-corrected chi connectivity index (χ1v) is 2.46. The fraction of sp³-hybridized carbons (Fsp3) is 0.800. The van der Waals surface area contributed by atoms with Crippen LogP contribution in [-0.4, -0.2) is 6.54 Å². The molecule has 0 aromatic rings. The quantitative estimate of drug-likeness (QED) is 0.601. The average molecular weight is 272 g/mol. The third-order valence-corrected chi connectivity index (χ3v) is 0.553. The Morgan fingerprint density at radius 1 is 1.43 bits per heavy atom. The SMILES string of the molecule is CC[CH-]NCC.[Re]. The summed E-state index contributed by atoms with van der Waals surface area (Å²) in [5, 5.41) is 3.07. The van der Waals surface area contributed by atoms with Crippen molar-refractivity contribution in [3.8, 4) is 0 Å². The molecule has 0 spiro atoms. The predicted molar refractivity (Wildman–Crippen MR) is 28.3 cm³/mol. The van der Waals surface area contributed by atoms with Gasteiger partial charge < -0.3 is 5.32 Å². The summed E-state index contributed by atoms with van der Waals surface area (Å²) < 4.78 is 0. The van der Waals surface area contributed by atoms with E-state index in [2.05, 4.69) is 25.7 Å². The first kappa shape index (κ1) is 10.6. The van der Waals surface area contributed by atoms with E-state index in [1.165, 1.54) is 0 Å². The van der Waals surface area contributed by atoms with Gasteiger partial charge in [0, 0.05) is 20.4 Å². The molecule has 0 fully saturated rings. The molecule has 0 aromatic heterocycles. The molecule has 0 rings (SSSR count). The molecule has 0 heterocycles. The summed E-state index contributed by atoms with van der Waals surface area (Å²) in [6.45, 7) is 7.31. The summed E-state index contributed by atoms with van der Waals surface area (Å²) >= 11 is 0. The summed E-state index contributed by atoms with van der Waals surface area (Å²) in [4.78, 5) is 0. The second-order valence-electron chi connectivity index (χ2n) is 1.17. The van der Waals surface area contributed by atoms with Crippen molar-refractivity contribution in [3.05, 3.63) is 6.54 Å². The van der Waals surface area contributed by atoms with E-state index in [9.17, 15) is 0 Å². The molecule has 0 unspecified atom stereocenters. The van der Waals surface area contributed by atoms with Gasteiger partial charge in [-0.2, -0.15) is 6.42 Å². The van der Waals surface area contributed by atoms with Gasteiger partial charge in [0.2, 0.25) is 0 Å². The molecule has 0 saturated heterocycles. The van der Waals surface area contributed by atoms with E-state index in [0.717, 1.165) is 13.0 Å². The van der Waals surface area contributed by atoms with Crippen molar-refractivity contribution in [3.63, 3.8) is 0 Å². The van der Waals surface area contributed by atoms with Crippen LogP contribution in [0, 0.1) is 6.54 Å². The van der Waals surface area contributed by atoms with Crippen LogP contribution < -0.4 is 5.32 Å². The van der Waals surface area contributed by atoms with Gasteiger partial charge in [-0.1, -0.05) is 13.8 Å². The van der Waals surface area contributed by atoms with Crippen LogP contribution in [0.4, 0.5) is 0 Å². The Morgan fingerprint density at radius 2 is 2.00 bits per heavy atom. The predicted octanol–water partition coefficient (Wildman–Crippen LogP) is 1.17. The monoisotopic (exact) mass is 273 g/mol. The van der Waals surface area contributed by atoms with Crippen molar-refractivity contribution in [1.29, 1.82) is 0 Å². The minimum absolute atomic E-state index is 0. The van der Waals surface area contributed by atoms with Crippen LogP contribution in [-0.2, 0) is 20.4 Å². The summed E-state index contributed by atoms with van der Waals surface area (Å²) in [5.41, 5.74) is 0. The molecule has 0 aliphatic heterocycles. The molecule has 0 atom stereocenters. The van der Waals surface area contributed by atoms with Crippen molar-refractivity contribution in [2.45, 2.75) is 20.3 Å². The summed E-state index contributed by atoms with van der Waals surface area (Å²) in [6, 6.07) is 0. The molecular formula is C5H12NRe-. The summed E-state index contributed by atoms with van der Waals surface area (Å²) in [7, 11) is 0. The fourth-order valence-electron chi connectivity index (χ4n) is 0.289. The molecule has 1 radical (unpaired) electrons. The van der Waals surface area contributed by atoms with Gasteiger partial charge in [-0.3, -0.25) is 6.54 Å². The van der Waals surface area contributed by atoms with Gasteiger partial charge in [0.25, 0.3) is 0 Å². The molecule has 0 aliphatic carbocycles. The molecule has 0 amide bonds. The topological polar surface area (TPSA) is 12.0 Å². The maximum atomic E-state index is 3.07. The maximum absolute atomic E-state index is 3.07. The summed E-state index contributed by atoms with van der Waals surface area (Å²) in [6.07, 6.45) is 1.12. The smallest absolute Gasteiger partial charge is 0 e. The third-order valence-electron chi connectivity index (χ3n) is 0.553. The fourth-order valence-corrected chi connectivity index (χ4v) is 0.289. The van der Waals surface area contributed by atoms with E-state index >= 15 is 0 Å². The summed E-state index contributed by atoms with van der Waals surface area (Å²) in [5.74, 6) is 0. The van der Waals surface area contributed by atoms with E-state index in [1.54, 1.807) is 0 Å². The van der Waals surface area contributed by atoms with E-state index in [0.29, 0.717) is 0 Å². The Hall–Kier alpha value is 0.622. The van der Waals surface area contributed by atoms with Crippen LogP contribution in [0.25, 0.3) is 0 Å². The van der Waals surface area contributed by atoms with Crippen LogP contribution >= 0.6 is 0 Å². The molecular weight excluding hydrogens is 260 g/mol.